The smallest absolute Gasteiger partial charge is 0.322 e. The summed E-state index contributed by atoms with van der Waals surface area (Å²) in [6.07, 6.45) is 0. The first kappa shape index (κ1) is 21.3. The van der Waals surface area contributed by atoms with Crippen LogP contribution in [0.4, 0.5) is 0 Å². The Bertz CT molecular complexity index is 776. The van der Waals surface area contributed by atoms with Crippen LogP contribution in [-0.2, 0) is 25.0 Å². The van der Waals surface area contributed by atoms with E-state index in [-0.39, 0.29) is 35.9 Å². The molecule has 0 bridgehead atoms. The zero-order valence-electron chi connectivity index (χ0n) is 15.9. The van der Waals surface area contributed by atoms with Crippen molar-refractivity contribution in [3.63, 3.8) is 0 Å². The fourth-order valence-corrected chi connectivity index (χ4v) is 4.26. The third kappa shape index (κ3) is 5.75. The predicted molar refractivity (Wildman–Crippen MR) is 101 cm³/mol. The van der Waals surface area contributed by atoms with E-state index in [2.05, 4.69) is 26.1 Å². The fourth-order valence-electron chi connectivity index (χ4n) is 2.84. The van der Waals surface area contributed by atoms with E-state index in [0.29, 0.717) is 13.1 Å². The molecular weight excluding hydrogens is 370 g/mol. The van der Waals surface area contributed by atoms with E-state index in [1.54, 1.807) is 12.1 Å². The van der Waals surface area contributed by atoms with Crippen molar-refractivity contribution >= 4 is 21.9 Å². The van der Waals surface area contributed by atoms with Gasteiger partial charge in [0, 0.05) is 26.2 Å². The van der Waals surface area contributed by atoms with Crippen molar-refractivity contribution in [2.24, 2.45) is 0 Å². The molecule has 2 rings (SSSR count). The number of carboxylic acids is 1. The Morgan fingerprint density at radius 2 is 1.63 bits per heavy atom. The molecule has 0 spiro atoms. The van der Waals surface area contributed by atoms with Crippen molar-refractivity contribution in [3.05, 3.63) is 29.8 Å². The molecule has 1 fully saturated rings. The minimum Gasteiger partial charge on any atom is -0.480 e. The minimum atomic E-state index is -3.57. The summed E-state index contributed by atoms with van der Waals surface area (Å²) in [4.78, 5) is 24.2. The first-order valence-electron chi connectivity index (χ1n) is 8.82. The maximum Gasteiger partial charge on any atom is 0.322 e. The molecule has 1 aliphatic rings. The summed E-state index contributed by atoms with van der Waals surface area (Å²) in [7, 11) is -3.57. The van der Waals surface area contributed by atoms with E-state index >= 15 is 0 Å². The topological polar surface area (TPSA) is 107 Å². The second-order valence-corrected chi connectivity index (χ2v) is 9.56. The highest BCUT2D eigenvalue weighted by atomic mass is 32.2. The Morgan fingerprint density at radius 3 is 2.11 bits per heavy atom. The SMILES string of the molecule is CC(C)(C)c1ccc(S(=O)(=O)N2CCN(CC(=O)NCC(=O)O)CC2)cc1. The highest BCUT2D eigenvalue weighted by molar-refractivity contribution is 7.89. The summed E-state index contributed by atoms with van der Waals surface area (Å²) in [5.74, 6) is -1.48. The number of sulfonamides is 1. The van der Waals surface area contributed by atoms with Crippen LogP contribution in [0.2, 0.25) is 0 Å². The third-order valence-corrected chi connectivity index (χ3v) is 6.41. The molecule has 2 N–H and O–H groups in total. The molecule has 0 atom stereocenters. The lowest BCUT2D eigenvalue weighted by atomic mass is 9.87. The van der Waals surface area contributed by atoms with Crippen molar-refractivity contribution in [2.75, 3.05) is 39.3 Å². The van der Waals surface area contributed by atoms with Crippen LogP contribution in [0.25, 0.3) is 0 Å². The van der Waals surface area contributed by atoms with Crippen LogP contribution < -0.4 is 5.32 Å². The molecule has 0 unspecified atom stereocenters. The molecule has 1 aromatic carbocycles. The number of rotatable bonds is 6. The van der Waals surface area contributed by atoms with Gasteiger partial charge < -0.3 is 10.4 Å². The number of nitrogens with zero attached hydrogens (tertiary/aromatic N) is 2. The number of piperazine rings is 1. The number of hydrogen-bond acceptors (Lipinski definition) is 5. The summed E-state index contributed by atoms with van der Waals surface area (Å²) in [5.41, 5.74) is 1.02. The van der Waals surface area contributed by atoms with Gasteiger partial charge >= 0.3 is 5.97 Å². The summed E-state index contributed by atoms with van der Waals surface area (Å²) in [5, 5.41) is 10.9. The Hall–Kier alpha value is -1.97. The molecule has 1 heterocycles. The average Bonchev–Trinajstić information content (AvgIpc) is 2.60. The second-order valence-electron chi connectivity index (χ2n) is 7.63. The van der Waals surface area contributed by atoms with Gasteiger partial charge in [-0.2, -0.15) is 4.31 Å². The minimum absolute atomic E-state index is 0.0465. The van der Waals surface area contributed by atoms with Gasteiger partial charge in [0.05, 0.1) is 11.4 Å². The van der Waals surface area contributed by atoms with Crippen LogP contribution in [0.1, 0.15) is 26.3 Å². The third-order valence-electron chi connectivity index (χ3n) is 4.49. The van der Waals surface area contributed by atoms with Crippen molar-refractivity contribution < 1.29 is 23.1 Å². The van der Waals surface area contributed by atoms with E-state index < -0.39 is 22.5 Å². The second kappa shape index (κ2) is 8.37. The first-order valence-corrected chi connectivity index (χ1v) is 10.3. The first-order chi connectivity index (χ1) is 12.5. The molecule has 1 saturated heterocycles. The van der Waals surface area contributed by atoms with E-state index in [9.17, 15) is 18.0 Å². The van der Waals surface area contributed by atoms with Gasteiger partial charge in [-0.05, 0) is 23.1 Å². The number of amides is 1. The normalized spacial score (nSPS) is 16.9. The zero-order valence-corrected chi connectivity index (χ0v) is 16.8. The van der Waals surface area contributed by atoms with Gasteiger partial charge in [0.1, 0.15) is 6.54 Å². The van der Waals surface area contributed by atoms with Crippen LogP contribution in [0.3, 0.4) is 0 Å². The summed E-state index contributed by atoms with van der Waals surface area (Å²) in [6.45, 7) is 7.26. The maximum absolute atomic E-state index is 12.8. The van der Waals surface area contributed by atoms with Crippen molar-refractivity contribution in [1.82, 2.24) is 14.5 Å². The van der Waals surface area contributed by atoms with E-state index in [1.807, 2.05) is 17.0 Å². The Balaban J connectivity index is 1.94. The van der Waals surface area contributed by atoms with Crippen LogP contribution in [0.15, 0.2) is 29.2 Å². The van der Waals surface area contributed by atoms with Crippen LogP contribution in [0, 0.1) is 0 Å². The van der Waals surface area contributed by atoms with E-state index in [0.717, 1.165) is 5.56 Å². The molecule has 1 aromatic rings. The van der Waals surface area contributed by atoms with Gasteiger partial charge in [0.2, 0.25) is 15.9 Å². The molecule has 0 saturated carbocycles. The zero-order chi connectivity index (χ0) is 20.2. The standard InChI is InChI=1S/C18H27N3O5S/c1-18(2,3)14-4-6-15(7-5-14)27(25,26)21-10-8-20(9-11-21)13-16(22)19-12-17(23)24/h4-7H,8-13H2,1-3H3,(H,19,22)(H,23,24). The van der Waals surface area contributed by atoms with Gasteiger partial charge in [0.15, 0.2) is 0 Å². The molecule has 0 radical (unpaired) electrons. The number of carbonyl (C=O) groups is 2. The molecule has 1 aliphatic heterocycles. The fraction of sp³-hybridized carbons (Fsp3) is 0.556. The van der Waals surface area contributed by atoms with Gasteiger partial charge in [-0.15, -0.1) is 0 Å². The molecule has 27 heavy (non-hydrogen) atoms. The maximum atomic E-state index is 12.8. The summed E-state index contributed by atoms with van der Waals surface area (Å²) < 4.78 is 27.1. The number of nitrogens with one attached hydrogen (secondary N) is 1. The van der Waals surface area contributed by atoms with E-state index in [4.69, 9.17) is 5.11 Å². The Kier molecular flexibility index (Phi) is 6.61. The van der Waals surface area contributed by atoms with Crippen molar-refractivity contribution in [1.29, 1.82) is 0 Å². The Morgan fingerprint density at radius 1 is 1.07 bits per heavy atom. The lowest BCUT2D eigenvalue weighted by Gasteiger charge is -2.33. The highest BCUT2D eigenvalue weighted by Gasteiger charge is 2.29. The number of carboxylic acid groups (broad SMARTS) is 1. The van der Waals surface area contributed by atoms with Gasteiger partial charge in [-0.3, -0.25) is 14.5 Å². The molecule has 150 valence electrons. The van der Waals surface area contributed by atoms with E-state index in [1.165, 1.54) is 4.31 Å². The molecule has 0 aliphatic carbocycles. The summed E-state index contributed by atoms with van der Waals surface area (Å²) >= 11 is 0. The van der Waals surface area contributed by atoms with Crippen molar-refractivity contribution in [2.45, 2.75) is 31.1 Å². The molecule has 1 amide bonds. The molecule has 8 nitrogen and oxygen atoms in total. The van der Waals surface area contributed by atoms with Crippen LogP contribution in [0.5, 0.6) is 0 Å². The lowest BCUT2D eigenvalue weighted by Crippen LogP contribution is -2.51. The quantitative estimate of drug-likeness (QED) is 0.724. The van der Waals surface area contributed by atoms with Gasteiger partial charge in [0.25, 0.3) is 0 Å². The van der Waals surface area contributed by atoms with Gasteiger partial charge in [-0.1, -0.05) is 32.9 Å². The van der Waals surface area contributed by atoms with Crippen LogP contribution >= 0.6 is 0 Å². The lowest BCUT2D eigenvalue weighted by molar-refractivity contribution is -0.138. The molecule has 9 heteroatoms. The highest BCUT2D eigenvalue weighted by Crippen LogP contribution is 2.25. The number of hydrogen-bond donors (Lipinski definition) is 2. The number of aliphatic carboxylic acids is 1. The average molecular weight is 397 g/mol. The number of carbonyl (C=O) groups excluding carboxylic acids is 1. The largest absolute Gasteiger partial charge is 0.480 e. The summed E-state index contributed by atoms with van der Waals surface area (Å²) in [6, 6.07) is 6.97. The van der Waals surface area contributed by atoms with Gasteiger partial charge in [-0.25, -0.2) is 8.42 Å². The van der Waals surface area contributed by atoms with Crippen LogP contribution in [-0.4, -0.2) is 73.9 Å². The molecule has 0 aromatic heterocycles. The Labute approximate surface area is 160 Å². The monoisotopic (exact) mass is 397 g/mol. The molecular formula is C18H27N3O5S. The number of benzene rings is 1. The van der Waals surface area contributed by atoms with Crippen molar-refractivity contribution in [3.8, 4) is 0 Å². The predicted octanol–water partition coefficient (Wildman–Crippen LogP) is 0.491.